The number of amides is 1. The molecule has 0 saturated carbocycles. The molecular weight excluding hydrogens is 194 g/mol. The third-order valence-electron chi connectivity index (χ3n) is 3.41. The van der Waals surface area contributed by atoms with Gasteiger partial charge in [-0.05, 0) is 38.4 Å². The predicted octanol–water partition coefficient (Wildman–Crippen LogP) is 2.33. The topological polar surface area (TPSA) is 29.1 Å². The maximum atomic E-state index is 11.2. The molecule has 0 radical (unpaired) electrons. The molecule has 80 valence electrons. The Kier molecular flexibility index (Phi) is 2.54. The van der Waals surface area contributed by atoms with Crippen molar-refractivity contribution in [2.75, 3.05) is 5.75 Å². The van der Waals surface area contributed by atoms with Gasteiger partial charge in [0.1, 0.15) is 0 Å². The summed E-state index contributed by atoms with van der Waals surface area (Å²) < 4.78 is 0.409. The molecule has 2 nitrogen and oxygen atoms in total. The van der Waals surface area contributed by atoms with Crippen LogP contribution >= 0.6 is 11.8 Å². The van der Waals surface area contributed by atoms with Crippen molar-refractivity contribution in [1.29, 1.82) is 0 Å². The molecule has 2 rings (SSSR count). The van der Waals surface area contributed by atoms with Crippen LogP contribution in [-0.4, -0.2) is 21.9 Å². The van der Waals surface area contributed by atoms with E-state index in [1.54, 1.807) is 0 Å². The first-order valence-corrected chi connectivity index (χ1v) is 6.45. The smallest absolute Gasteiger partial charge is 0.220 e. The van der Waals surface area contributed by atoms with Gasteiger partial charge in [0.2, 0.25) is 5.91 Å². The van der Waals surface area contributed by atoms with Gasteiger partial charge in [0, 0.05) is 16.7 Å². The lowest BCUT2D eigenvalue weighted by atomic mass is 9.86. The van der Waals surface area contributed by atoms with E-state index in [4.69, 9.17) is 0 Å². The Bertz CT molecular complexity index is 248. The van der Waals surface area contributed by atoms with Crippen molar-refractivity contribution in [2.45, 2.75) is 56.2 Å². The highest BCUT2D eigenvalue weighted by Gasteiger charge is 2.41. The van der Waals surface area contributed by atoms with E-state index < -0.39 is 0 Å². The fourth-order valence-electron chi connectivity index (χ4n) is 2.79. The summed E-state index contributed by atoms with van der Waals surface area (Å²) >= 11 is 2.08. The van der Waals surface area contributed by atoms with Crippen molar-refractivity contribution in [3.05, 3.63) is 0 Å². The van der Waals surface area contributed by atoms with E-state index in [0.717, 1.165) is 19.3 Å². The van der Waals surface area contributed by atoms with Gasteiger partial charge in [-0.25, -0.2) is 0 Å². The van der Waals surface area contributed by atoms with Crippen molar-refractivity contribution in [3.63, 3.8) is 0 Å². The van der Waals surface area contributed by atoms with E-state index in [2.05, 4.69) is 30.9 Å². The van der Waals surface area contributed by atoms with Crippen LogP contribution in [0, 0.1) is 0 Å². The van der Waals surface area contributed by atoms with Gasteiger partial charge in [0.05, 0.1) is 0 Å². The first-order chi connectivity index (χ1) is 6.52. The van der Waals surface area contributed by atoms with Crippen LogP contribution in [0.1, 0.15) is 46.0 Å². The summed E-state index contributed by atoms with van der Waals surface area (Å²) in [6, 6.07) is 0. The third kappa shape index (κ3) is 2.08. The summed E-state index contributed by atoms with van der Waals surface area (Å²) in [6.07, 6.45) is 5.52. The summed E-state index contributed by atoms with van der Waals surface area (Å²) in [5.41, 5.74) is 0.0726. The zero-order valence-electron chi connectivity index (χ0n) is 9.06. The molecule has 2 unspecified atom stereocenters. The van der Waals surface area contributed by atoms with Crippen LogP contribution in [0.25, 0.3) is 0 Å². The normalized spacial score (nSPS) is 42.9. The monoisotopic (exact) mass is 213 g/mol. The minimum absolute atomic E-state index is 0.0726. The Morgan fingerprint density at radius 2 is 2.21 bits per heavy atom. The second-order valence-corrected chi connectivity index (χ2v) is 6.87. The maximum absolute atomic E-state index is 11.2. The van der Waals surface area contributed by atoms with Crippen molar-refractivity contribution >= 4 is 17.7 Å². The number of hydrogen-bond acceptors (Lipinski definition) is 2. The fourth-order valence-corrected chi connectivity index (χ4v) is 4.28. The van der Waals surface area contributed by atoms with Crippen LogP contribution in [-0.2, 0) is 4.79 Å². The minimum atomic E-state index is 0.0726. The zero-order valence-corrected chi connectivity index (χ0v) is 9.88. The quantitative estimate of drug-likeness (QED) is 0.763. The summed E-state index contributed by atoms with van der Waals surface area (Å²) in [4.78, 5) is 11.2. The highest BCUT2D eigenvalue weighted by molar-refractivity contribution is 8.00. The summed E-state index contributed by atoms with van der Waals surface area (Å²) in [7, 11) is 0. The summed E-state index contributed by atoms with van der Waals surface area (Å²) in [6.45, 7) is 4.54. The minimum Gasteiger partial charge on any atom is -0.351 e. The van der Waals surface area contributed by atoms with Gasteiger partial charge in [0.15, 0.2) is 0 Å². The van der Waals surface area contributed by atoms with Crippen LogP contribution < -0.4 is 5.32 Å². The molecule has 0 aliphatic carbocycles. The van der Waals surface area contributed by atoms with Gasteiger partial charge in [0.25, 0.3) is 0 Å². The molecule has 2 heterocycles. The molecule has 2 fully saturated rings. The van der Waals surface area contributed by atoms with Crippen LogP contribution in [0.5, 0.6) is 0 Å². The molecule has 2 atom stereocenters. The van der Waals surface area contributed by atoms with Gasteiger partial charge in [-0.2, -0.15) is 11.8 Å². The van der Waals surface area contributed by atoms with E-state index in [0.29, 0.717) is 4.75 Å². The average Bonchev–Trinajstić information content (AvgIpc) is 2.59. The SMILES string of the molecule is CC1(CC2(C)CCCS2)CCC(=O)N1. The molecule has 2 aliphatic heterocycles. The molecule has 2 saturated heterocycles. The van der Waals surface area contributed by atoms with Crippen molar-refractivity contribution < 1.29 is 4.79 Å². The van der Waals surface area contributed by atoms with Crippen LogP contribution in [0.4, 0.5) is 0 Å². The van der Waals surface area contributed by atoms with Crippen molar-refractivity contribution in [3.8, 4) is 0 Å². The lowest BCUT2D eigenvalue weighted by Crippen LogP contribution is -2.43. The van der Waals surface area contributed by atoms with Gasteiger partial charge in [-0.3, -0.25) is 4.79 Å². The molecule has 1 amide bonds. The van der Waals surface area contributed by atoms with Gasteiger partial charge >= 0.3 is 0 Å². The van der Waals surface area contributed by atoms with E-state index in [-0.39, 0.29) is 11.4 Å². The Labute approximate surface area is 90.2 Å². The first kappa shape index (κ1) is 10.3. The molecule has 0 aromatic heterocycles. The summed E-state index contributed by atoms with van der Waals surface area (Å²) in [5.74, 6) is 1.53. The molecule has 1 N–H and O–H groups in total. The van der Waals surface area contributed by atoms with E-state index in [1.807, 2.05) is 0 Å². The van der Waals surface area contributed by atoms with Crippen LogP contribution in [0.15, 0.2) is 0 Å². The highest BCUT2D eigenvalue weighted by Crippen LogP contribution is 2.44. The van der Waals surface area contributed by atoms with Crippen LogP contribution in [0.2, 0.25) is 0 Å². The fraction of sp³-hybridized carbons (Fsp3) is 0.909. The zero-order chi connectivity index (χ0) is 10.2. The highest BCUT2D eigenvalue weighted by atomic mass is 32.2. The first-order valence-electron chi connectivity index (χ1n) is 5.46. The number of carbonyl (C=O) groups is 1. The van der Waals surface area contributed by atoms with E-state index >= 15 is 0 Å². The Morgan fingerprint density at radius 1 is 1.43 bits per heavy atom. The van der Waals surface area contributed by atoms with Crippen LogP contribution in [0.3, 0.4) is 0 Å². The molecule has 0 spiro atoms. The molecule has 2 aliphatic rings. The van der Waals surface area contributed by atoms with Gasteiger partial charge < -0.3 is 5.32 Å². The Hall–Kier alpha value is -0.180. The van der Waals surface area contributed by atoms with Crippen molar-refractivity contribution in [2.24, 2.45) is 0 Å². The number of hydrogen-bond donors (Lipinski definition) is 1. The molecule has 14 heavy (non-hydrogen) atoms. The molecular formula is C11H19NOS. The number of thioether (sulfide) groups is 1. The predicted molar refractivity (Wildman–Crippen MR) is 60.5 cm³/mol. The standard InChI is InChI=1S/C11H19NOS/c1-10(6-4-9(13)12-10)8-11(2)5-3-7-14-11/h3-8H2,1-2H3,(H,12,13). The second kappa shape index (κ2) is 3.44. The number of nitrogens with one attached hydrogen (secondary N) is 1. The van der Waals surface area contributed by atoms with Gasteiger partial charge in [-0.15, -0.1) is 0 Å². The summed E-state index contributed by atoms with van der Waals surface area (Å²) in [5, 5.41) is 3.13. The number of rotatable bonds is 2. The largest absolute Gasteiger partial charge is 0.351 e. The molecule has 3 heteroatoms. The average molecular weight is 213 g/mol. The Morgan fingerprint density at radius 3 is 2.71 bits per heavy atom. The lowest BCUT2D eigenvalue weighted by molar-refractivity contribution is -0.119. The van der Waals surface area contributed by atoms with Gasteiger partial charge in [-0.1, -0.05) is 6.92 Å². The maximum Gasteiger partial charge on any atom is 0.220 e. The third-order valence-corrected chi connectivity index (χ3v) is 4.95. The molecule has 0 aromatic carbocycles. The second-order valence-electron chi connectivity index (χ2n) is 5.19. The lowest BCUT2D eigenvalue weighted by Gasteiger charge is -2.33. The van der Waals surface area contributed by atoms with Crippen molar-refractivity contribution in [1.82, 2.24) is 5.32 Å². The molecule has 0 aromatic rings. The van der Waals surface area contributed by atoms with E-state index in [9.17, 15) is 4.79 Å². The number of carbonyl (C=O) groups excluding carboxylic acids is 1. The van der Waals surface area contributed by atoms with E-state index in [1.165, 1.54) is 18.6 Å². The molecule has 0 bridgehead atoms. The Balaban J connectivity index is 1.99.